The number of sulfonamides is 1. The van der Waals surface area contributed by atoms with Crippen LogP contribution in [0.2, 0.25) is 0 Å². The van der Waals surface area contributed by atoms with Gasteiger partial charge in [0.15, 0.2) is 0 Å². The number of halogens is 1. The van der Waals surface area contributed by atoms with Crippen LogP contribution in [0.3, 0.4) is 0 Å². The van der Waals surface area contributed by atoms with E-state index in [9.17, 15) is 18.3 Å². The molecule has 6 nitrogen and oxygen atoms in total. The standard InChI is InChI=1S/C12H9BrN2O4S/c13-9-5-8(12(16)17)6-11(7-9)20(18,19)15-10-1-3-14-4-2-10/h1-7H,(H,14,15)(H,16,17)/p-1. The Balaban J connectivity index is 2.42. The zero-order valence-corrected chi connectivity index (χ0v) is 12.3. The summed E-state index contributed by atoms with van der Waals surface area (Å²) in [5.74, 6) is -1.45. The fourth-order valence-corrected chi connectivity index (χ4v) is 3.24. The lowest BCUT2D eigenvalue weighted by Gasteiger charge is -2.10. The quantitative estimate of drug-likeness (QED) is 0.882. The molecule has 2 aromatic rings. The fourth-order valence-electron chi connectivity index (χ4n) is 1.47. The van der Waals surface area contributed by atoms with E-state index in [0.29, 0.717) is 10.2 Å². The van der Waals surface area contributed by atoms with Crippen molar-refractivity contribution in [2.75, 3.05) is 4.72 Å². The van der Waals surface area contributed by atoms with Crippen LogP contribution in [0.25, 0.3) is 0 Å². The van der Waals surface area contributed by atoms with E-state index in [2.05, 4.69) is 25.6 Å². The lowest BCUT2D eigenvalue weighted by atomic mass is 10.2. The second-order valence-corrected chi connectivity index (χ2v) is 6.40. The second-order valence-electron chi connectivity index (χ2n) is 3.80. The highest BCUT2D eigenvalue weighted by Gasteiger charge is 2.16. The van der Waals surface area contributed by atoms with Gasteiger partial charge in [-0.1, -0.05) is 15.9 Å². The first kappa shape index (κ1) is 14.5. The van der Waals surface area contributed by atoms with Gasteiger partial charge in [0.25, 0.3) is 10.0 Å². The second kappa shape index (κ2) is 5.59. The highest BCUT2D eigenvalue weighted by molar-refractivity contribution is 9.10. The first-order valence-electron chi connectivity index (χ1n) is 5.33. The van der Waals surface area contributed by atoms with Crippen LogP contribution in [-0.4, -0.2) is 19.4 Å². The largest absolute Gasteiger partial charge is 0.545 e. The number of hydrogen-bond acceptors (Lipinski definition) is 5. The molecule has 0 fully saturated rings. The molecule has 0 bridgehead atoms. The van der Waals surface area contributed by atoms with Gasteiger partial charge in [0.1, 0.15) is 0 Å². The van der Waals surface area contributed by atoms with Gasteiger partial charge in [0, 0.05) is 16.9 Å². The van der Waals surface area contributed by atoms with Crippen LogP contribution in [0, 0.1) is 0 Å². The molecule has 1 N–H and O–H groups in total. The number of benzene rings is 1. The summed E-state index contributed by atoms with van der Waals surface area (Å²) < 4.78 is 27.0. The summed E-state index contributed by atoms with van der Waals surface area (Å²) in [4.78, 5) is 14.4. The Labute approximate surface area is 123 Å². The van der Waals surface area contributed by atoms with Crippen LogP contribution in [0.15, 0.2) is 52.1 Å². The maximum absolute atomic E-state index is 12.2. The molecule has 0 atom stereocenters. The van der Waals surface area contributed by atoms with E-state index in [1.54, 1.807) is 0 Å². The van der Waals surface area contributed by atoms with E-state index in [4.69, 9.17) is 0 Å². The van der Waals surface area contributed by atoms with Crippen LogP contribution >= 0.6 is 15.9 Å². The number of carboxylic acids is 1. The number of nitrogens with one attached hydrogen (secondary N) is 1. The Morgan fingerprint density at radius 3 is 2.45 bits per heavy atom. The minimum atomic E-state index is -3.89. The van der Waals surface area contributed by atoms with E-state index < -0.39 is 16.0 Å². The molecule has 0 radical (unpaired) electrons. The monoisotopic (exact) mass is 355 g/mol. The average Bonchev–Trinajstić information content (AvgIpc) is 2.38. The molecule has 104 valence electrons. The third kappa shape index (κ3) is 3.34. The minimum absolute atomic E-state index is 0.178. The van der Waals surface area contributed by atoms with Crippen molar-refractivity contribution in [2.24, 2.45) is 0 Å². The van der Waals surface area contributed by atoms with Crippen LogP contribution in [0.1, 0.15) is 10.4 Å². The average molecular weight is 356 g/mol. The lowest BCUT2D eigenvalue weighted by Crippen LogP contribution is -2.23. The predicted molar refractivity (Wildman–Crippen MR) is 73.5 cm³/mol. The van der Waals surface area contributed by atoms with Gasteiger partial charge >= 0.3 is 0 Å². The first-order valence-corrected chi connectivity index (χ1v) is 7.61. The van der Waals surface area contributed by atoms with Gasteiger partial charge in [-0.3, -0.25) is 9.71 Å². The third-order valence-corrected chi connectivity index (χ3v) is 4.17. The number of aromatic carboxylic acids is 1. The Bertz CT molecular complexity index is 747. The van der Waals surface area contributed by atoms with E-state index in [0.717, 1.165) is 6.07 Å². The summed E-state index contributed by atoms with van der Waals surface area (Å²) in [6.07, 6.45) is 2.87. The van der Waals surface area contributed by atoms with Gasteiger partial charge in [0.05, 0.1) is 16.6 Å². The molecule has 0 aliphatic heterocycles. The highest BCUT2D eigenvalue weighted by Crippen LogP contribution is 2.21. The normalized spacial score (nSPS) is 11.1. The SMILES string of the molecule is O=C([O-])c1cc(Br)cc(S(=O)(=O)Nc2ccncc2)c1. The number of pyridine rings is 1. The molecule has 1 heterocycles. The van der Waals surface area contributed by atoms with Crippen molar-refractivity contribution in [3.8, 4) is 0 Å². The summed E-state index contributed by atoms with van der Waals surface area (Å²) in [5, 5.41) is 10.8. The van der Waals surface area contributed by atoms with Crippen LogP contribution < -0.4 is 9.83 Å². The first-order chi connectivity index (χ1) is 9.38. The molecule has 2 rings (SSSR count). The molecule has 0 unspecified atom stereocenters. The van der Waals surface area contributed by atoms with Crippen molar-refractivity contribution in [3.05, 3.63) is 52.8 Å². The van der Waals surface area contributed by atoms with Crippen LogP contribution in [0.5, 0.6) is 0 Å². The van der Waals surface area contributed by atoms with Gasteiger partial charge in [-0.05, 0) is 35.9 Å². The number of carbonyl (C=O) groups is 1. The van der Waals surface area contributed by atoms with Crippen LogP contribution in [-0.2, 0) is 10.0 Å². The maximum Gasteiger partial charge on any atom is 0.261 e. The van der Waals surface area contributed by atoms with Gasteiger partial charge < -0.3 is 9.90 Å². The van der Waals surface area contributed by atoms with E-state index >= 15 is 0 Å². The highest BCUT2D eigenvalue weighted by atomic mass is 79.9. The number of carbonyl (C=O) groups excluding carboxylic acids is 1. The zero-order chi connectivity index (χ0) is 14.8. The number of rotatable bonds is 4. The van der Waals surface area contributed by atoms with Gasteiger partial charge in [-0.15, -0.1) is 0 Å². The lowest BCUT2D eigenvalue weighted by molar-refractivity contribution is -0.255. The summed E-state index contributed by atoms with van der Waals surface area (Å²) in [5.41, 5.74) is 0.101. The number of aromatic nitrogens is 1. The van der Waals surface area contributed by atoms with Crippen molar-refractivity contribution in [1.29, 1.82) is 0 Å². The summed E-state index contributed by atoms with van der Waals surface area (Å²) in [7, 11) is -3.89. The van der Waals surface area contributed by atoms with Gasteiger partial charge in [-0.2, -0.15) is 0 Å². The zero-order valence-electron chi connectivity index (χ0n) is 9.91. The van der Waals surface area contributed by atoms with Crippen molar-refractivity contribution in [2.45, 2.75) is 4.90 Å². The summed E-state index contributed by atoms with van der Waals surface area (Å²) >= 11 is 3.07. The number of anilines is 1. The Morgan fingerprint density at radius 2 is 1.85 bits per heavy atom. The van der Waals surface area contributed by atoms with Gasteiger partial charge in [0.2, 0.25) is 0 Å². The Kier molecular flexibility index (Phi) is 4.05. The van der Waals surface area contributed by atoms with Crippen molar-refractivity contribution in [1.82, 2.24) is 4.98 Å². The maximum atomic E-state index is 12.2. The summed E-state index contributed by atoms with van der Waals surface area (Å²) in [6, 6.07) is 6.56. The Hall–Kier alpha value is -1.93. The molecule has 1 aromatic heterocycles. The number of nitrogens with zero attached hydrogens (tertiary/aromatic N) is 1. The van der Waals surface area contributed by atoms with Crippen molar-refractivity contribution < 1.29 is 18.3 Å². The fraction of sp³-hybridized carbons (Fsp3) is 0. The molecule has 0 aliphatic rings. The topological polar surface area (TPSA) is 99.2 Å². The third-order valence-electron chi connectivity index (χ3n) is 2.35. The minimum Gasteiger partial charge on any atom is -0.545 e. The van der Waals surface area contributed by atoms with Crippen molar-refractivity contribution in [3.63, 3.8) is 0 Å². The molecular formula is C12H8BrN2O4S-. The molecule has 0 aliphatic carbocycles. The smallest absolute Gasteiger partial charge is 0.261 e. The predicted octanol–water partition coefficient (Wildman–Crippen LogP) is 1.01. The van der Waals surface area contributed by atoms with Gasteiger partial charge in [-0.25, -0.2) is 8.42 Å². The molecule has 0 saturated carbocycles. The molecule has 8 heteroatoms. The molecule has 20 heavy (non-hydrogen) atoms. The van der Waals surface area contributed by atoms with E-state index in [1.807, 2.05) is 0 Å². The molecule has 0 spiro atoms. The molecule has 0 amide bonds. The molecule has 0 saturated heterocycles. The van der Waals surface area contributed by atoms with Crippen molar-refractivity contribution >= 4 is 37.6 Å². The Morgan fingerprint density at radius 1 is 1.20 bits per heavy atom. The number of carboxylic acid groups (broad SMARTS) is 1. The number of hydrogen-bond donors (Lipinski definition) is 1. The molecular weight excluding hydrogens is 348 g/mol. The molecule has 1 aromatic carbocycles. The van der Waals surface area contributed by atoms with E-state index in [-0.39, 0.29) is 10.5 Å². The van der Waals surface area contributed by atoms with E-state index in [1.165, 1.54) is 36.7 Å². The van der Waals surface area contributed by atoms with Crippen LogP contribution in [0.4, 0.5) is 5.69 Å². The summed E-state index contributed by atoms with van der Waals surface area (Å²) in [6.45, 7) is 0.